The molecule has 20 aliphatic carbocycles. The molecule has 3 spiro atoms. The number of allylic oxidation sites excluding steroid dienone is 17. The number of carbonyl (C=O) groups excluding carboxylic acids is 4. The van der Waals surface area contributed by atoms with Crippen LogP contribution in [0.3, 0.4) is 0 Å². The van der Waals surface area contributed by atoms with E-state index in [1.807, 2.05) is 24.3 Å². The predicted octanol–water partition coefficient (Wildman–Crippen LogP) is 16.7. The van der Waals surface area contributed by atoms with Crippen LogP contribution in [0.15, 0.2) is 157 Å². The van der Waals surface area contributed by atoms with Crippen LogP contribution in [-0.2, 0) is 61.8 Å². The molecule has 710 valence electrons. The van der Waals surface area contributed by atoms with E-state index in [9.17, 15) is 34.5 Å². The summed E-state index contributed by atoms with van der Waals surface area (Å²) in [6.45, 7) is 32.2. The summed E-state index contributed by atoms with van der Waals surface area (Å²) < 4.78 is 53.7. The molecule has 0 aromatic carbocycles. The van der Waals surface area contributed by atoms with Gasteiger partial charge in [-0.15, -0.1) is 19.3 Å². The van der Waals surface area contributed by atoms with Crippen molar-refractivity contribution in [3.8, 4) is 31.6 Å². The smallest absolute Gasteiger partial charge is 1.00 e. The Labute approximate surface area is 822 Å². The zero-order valence-corrected chi connectivity index (χ0v) is 85.1. The third-order valence-electron chi connectivity index (χ3n) is 40.2. The third-order valence-corrected chi connectivity index (χ3v) is 41.2. The molecule has 132 heavy (non-hydrogen) atoms. The largest absolute Gasteiger partial charge is 2.00 e. The number of esters is 3. The van der Waals surface area contributed by atoms with E-state index in [-0.39, 0.29) is 159 Å². The van der Waals surface area contributed by atoms with Crippen molar-refractivity contribution in [1.82, 2.24) is 0 Å². The number of halogens is 2. The number of alkyl halides is 1. The normalized spacial score (nSPS) is 48.5. The number of rotatable bonds is 3. The van der Waals surface area contributed by atoms with E-state index in [4.69, 9.17) is 55.5 Å². The number of fused-ring (bicyclic) bond motifs is 28. The van der Waals surface area contributed by atoms with Crippen LogP contribution in [-0.4, -0.2) is 160 Å². The fourth-order valence-corrected chi connectivity index (χ4v) is 34.1. The van der Waals surface area contributed by atoms with Gasteiger partial charge in [-0.25, -0.2) is 0 Å². The maximum atomic E-state index is 12.3. The molecule has 16 nitrogen and oxygen atoms in total. The van der Waals surface area contributed by atoms with Crippen molar-refractivity contribution >= 4 is 62.7 Å². The summed E-state index contributed by atoms with van der Waals surface area (Å²) in [5, 5.41) is 30.9. The first-order valence-electron chi connectivity index (χ1n) is 49.5. The van der Waals surface area contributed by atoms with Gasteiger partial charge in [-0.2, -0.15) is 0 Å². The molecule has 23 rings (SSSR count). The molecule has 3 aliphatic heterocycles. The summed E-state index contributed by atoms with van der Waals surface area (Å²) in [5.74, 6) is 10.5. The van der Waals surface area contributed by atoms with Gasteiger partial charge in [0.1, 0.15) is 23.9 Å². The monoisotopic (exact) mass is 1940 g/mol. The van der Waals surface area contributed by atoms with Gasteiger partial charge in [0, 0.05) is 77.9 Å². The van der Waals surface area contributed by atoms with E-state index in [0.29, 0.717) is 133 Å². The van der Waals surface area contributed by atoms with Crippen LogP contribution in [0.5, 0.6) is 0 Å². The summed E-state index contributed by atoms with van der Waals surface area (Å²) in [7, 11) is 0. The summed E-state index contributed by atoms with van der Waals surface area (Å²) in [6, 6.07) is 0. The molecule has 3 heterocycles. The minimum absolute atomic E-state index is 0. The Kier molecular flexibility index (Phi) is 28.7. The quantitative estimate of drug-likeness (QED) is 0.0456. The van der Waals surface area contributed by atoms with Crippen molar-refractivity contribution in [2.75, 3.05) is 39.6 Å². The molecule has 0 bridgehead atoms. The van der Waals surface area contributed by atoms with Crippen molar-refractivity contribution < 1.29 is 94.1 Å². The molecule has 3 N–H and O–H groups in total. The fraction of sp³-hybridized carbons (Fsp3) is 0.681. The summed E-state index contributed by atoms with van der Waals surface area (Å²) in [5.41, 5.74) is 2.14. The minimum atomic E-state index is -1.12. The van der Waals surface area contributed by atoms with Crippen molar-refractivity contribution in [3.05, 3.63) is 163 Å². The van der Waals surface area contributed by atoms with Gasteiger partial charge in [0.15, 0.2) is 23.1 Å². The first-order chi connectivity index (χ1) is 61.8. The van der Waals surface area contributed by atoms with Crippen molar-refractivity contribution in [2.45, 2.75) is 277 Å². The average Bonchev–Trinajstić information content (AvgIpc) is 1.53. The van der Waals surface area contributed by atoms with Crippen LogP contribution >= 0.6 is 15.9 Å². The number of carbonyl (C=O) groups is 4. The van der Waals surface area contributed by atoms with Gasteiger partial charge >= 0.3 is 41.0 Å². The molecule has 3 saturated heterocycles. The number of aliphatic hydroxyl groups is 3. The SMILES string of the molecule is C#C.C#C[C@]1(O)C=CC2C3C=CC4C[C@@H](O)C=C[C@]4(C)C3CC[C@@]21C.CC(=O)OC1C=C[C@@]2(C)C(=CCC3C2CC[C@@]2(C)C3CC(Br)C23OCCO3)C1.CC(=O)OC1C=C[C@@]2(C)C(=CCC3C2CC[C@@]2(C)C3CCC23OCCO3)C1.CC(=O)OC1C=C[C@@]2(C)C(C=CC3C2CC[C@]2(C)C(=O)C=CC32)C1.C[C@]12C=CC(O)CC1C=CC1C2CC[C@@]2(C)C1C=CC21OCCO1.[Br-].[C-]#C.[Mg+2]. The number of ether oxygens (including phenoxy) is 9. The summed E-state index contributed by atoms with van der Waals surface area (Å²) in [4.78, 5) is 46.6. The van der Waals surface area contributed by atoms with E-state index < -0.39 is 17.2 Å². The first kappa shape index (κ1) is 101. The molecular formula is C113H146Br2MgO16. The maximum Gasteiger partial charge on any atom is 2.00 e. The second-order valence-electron chi connectivity index (χ2n) is 45.5. The predicted molar refractivity (Wildman–Crippen MR) is 511 cm³/mol. The fourth-order valence-electron chi connectivity index (χ4n) is 32.9. The van der Waals surface area contributed by atoms with Crippen LogP contribution < -0.4 is 17.0 Å². The number of hydrogen-bond acceptors (Lipinski definition) is 16. The summed E-state index contributed by atoms with van der Waals surface area (Å²) in [6.07, 6.45) is 96.3. The van der Waals surface area contributed by atoms with Crippen LogP contribution in [0.25, 0.3) is 0 Å². The van der Waals surface area contributed by atoms with Gasteiger partial charge < -0.3 is 87.8 Å². The second kappa shape index (κ2) is 37.4. The Bertz CT molecular complexity index is 4870. The standard InChI is InChI=1S/C23H31BrO4.C23H32O4.C21H28O3.C21H26O3.C21H26O2.C2H2.C2H.BrH.Mg/c1-14(25)28-16-6-8-21(2)15(12-16)4-5-17-18(21)7-9-22(3)19(17)13-20(24)23(22)26-10-11-27-23;1-15(24)27-17-6-9-21(2)16(14-17)4-5-18-19(21)7-10-22(3)20(18)8-11-23(22)25-12-13-26-23;1-19-8-5-15(22)13-14(19)3-4-16-17(19)6-9-20(2)18(16)7-10-21(20)23-11-12-24-21;1-13(22)24-15-8-10-20(2)14(12-15)4-5-16-17-6-7-19(23)21(17,3)11-9-18(16)20;1-4-21(23)12-9-18-16-6-5-14-13-15(22)7-10-19(14,2)17(16)8-11-20(18,21)3;2*1-2;;/h4,6,8,16-20H,5,7,9-13H2,1-3H3;4,6,9,17-20H,5,7-8,10-14H2,1-3H3;3-5,7-8,10,14-18,22H,6,9,11-13H2,1-2H3;4-8,10,14-18H,9,11-12H2,1-3H3;1,5-7,9-10,12,14-18,22-23H,8,11,13H2,2-3H3;1-2H;1H;1H;/q;;;;;;-1;;+2/p-1/t16?,17?,18?,19?,20?,21-,22-;17?,18?,19?,20?,21-,22-;14?,15?,16?,17?,18?,19-,20-;14?,15?,16?,17?,18?,20-,21-;14?,15-,16?,17?,18?,19-,20-,21-;;;;/m00000..../s1. The van der Waals surface area contributed by atoms with Gasteiger partial charge in [0.2, 0.25) is 0 Å². The van der Waals surface area contributed by atoms with E-state index in [1.54, 1.807) is 0 Å². The molecule has 0 aromatic heterocycles. The second-order valence-corrected chi connectivity index (χ2v) is 46.6. The Balaban J connectivity index is 0.000000125. The zero-order chi connectivity index (χ0) is 92.7. The molecule has 23 unspecified atom stereocenters. The average molecular weight is 1940 g/mol. The Morgan fingerprint density at radius 3 is 1.37 bits per heavy atom. The van der Waals surface area contributed by atoms with Crippen LogP contribution in [0, 0.1) is 199 Å². The number of hydrogen-bond donors (Lipinski definition) is 3. The molecule has 0 amide bonds. The number of ketones is 1. The van der Waals surface area contributed by atoms with Gasteiger partial charge in [0.05, 0.1) is 56.7 Å². The van der Waals surface area contributed by atoms with E-state index in [1.165, 1.54) is 64.0 Å². The van der Waals surface area contributed by atoms with E-state index >= 15 is 0 Å². The minimum Gasteiger partial charge on any atom is -1.00 e. The van der Waals surface area contributed by atoms with Crippen molar-refractivity contribution in [2.24, 2.45) is 161 Å². The third kappa shape index (κ3) is 15.9. The molecule has 19 heteroatoms. The van der Waals surface area contributed by atoms with Crippen molar-refractivity contribution in [3.63, 3.8) is 0 Å². The molecule has 0 radical (unpaired) electrons. The Hall–Kier alpha value is -5.25. The van der Waals surface area contributed by atoms with E-state index in [0.717, 1.165) is 110 Å². The number of terminal acetylenes is 3. The molecule has 0 aromatic rings. The van der Waals surface area contributed by atoms with Gasteiger partial charge in [-0.3, -0.25) is 19.2 Å². The molecule has 23 aliphatic rings. The molecule has 7 saturated carbocycles. The van der Waals surface area contributed by atoms with Crippen LogP contribution in [0.4, 0.5) is 0 Å². The van der Waals surface area contributed by atoms with Gasteiger partial charge in [-0.1, -0.05) is 212 Å². The Morgan fingerprint density at radius 2 is 0.856 bits per heavy atom. The summed E-state index contributed by atoms with van der Waals surface area (Å²) >= 11 is 3.95. The molecule has 10 fully saturated rings. The zero-order valence-electron chi connectivity index (χ0n) is 80.5. The number of aliphatic hydroxyl groups excluding tert-OH is 2. The van der Waals surface area contributed by atoms with Gasteiger partial charge in [0.25, 0.3) is 0 Å². The van der Waals surface area contributed by atoms with Crippen LogP contribution in [0.1, 0.15) is 218 Å². The Morgan fingerprint density at radius 1 is 0.447 bits per heavy atom. The maximum absolute atomic E-state index is 12.3. The van der Waals surface area contributed by atoms with Crippen LogP contribution in [0.2, 0.25) is 0 Å². The van der Waals surface area contributed by atoms with Gasteiger partial charge in [-0.05, 0) is 268 Å². The topological polar surface area (TPSA) is 212 Å². The molecular weight excluding hydrogens is 1800 g/mol. The van der Waals surface area contributed by atoms with Crippen molar-refractivity contribution in [1.29, 1.82) is 0 Å². The first-order valence-corrected chi connectivity index (χ1v) is 50.5. The molecule has 35 atom stereocenters. The van der Waals surface area contributed by atoms with E-state index in [2.05, 4.69) is 232 Å².